The highest BCUT2D eigenvalue weighted by Crippen LogP contribution is 2.36. The number of nitrogens with zero attached hydrogens (tertiary/aromatic N) is 2. The first-order chi connectivity index (χ1) is 13.7. The zero-order valence-corrected chi connectivity index (χ0v) is 16.8. The Morgan fingerprint density at radius 2 is 1.89 bits per heavy atom. The number of esters is 1. The van der Waals surface area contributed by atoms with Crippen molar-refractivity contribution in [1.82, 2.24) is 4.57 Å². The van der Waals surface area contributed by atoms with E-state index >= 15 is 0 Å². The molecule has 0 N–H and O–H groups in total. The molecule has 1 aliphatic rings. The fourth-order valence-corrected chi connectivity index (χ4v) is 4.29. The minimum atomic E-state index is -0.293. The van der Waals surface area contributed by atoms with Crippen molar-refractivity contribution in [3.05, 3.63) is 59.8 Å². The highest BCUT2D eigenvalue weighted by atomic mass is 32.1. The summed E-state index contributed by atoms with van der Waals surface area (Å²) >= 11 is 5.92. The van der Waals surface area contributed by atoms with Crippen LogP contribution in [-0.4, -0.2) is 35.8 Å². The van der Waals surface area contributed by atoms with E-state index in [1.54, 1.807) is 0 Å². The van der Waals surface area contributed by atoms with Gasteiger partial charge in [0.2, 0.25) is 0 Å². The molecule has 0 saturated carbocycles. The fraction of sp³-hybridized carbons (Fsp3) is 0.273. The Hall–Kier alpha value is -2.86. The van der Waals surface area contributed by atoms with Gasteiger partial charge < -0.3 is 18.9 Å². The van der Waals surface area contributed by atoms with E-state index < -0.39 is 0 Å². The van der Waals surface area contributed by atoms with Crippen LogP contribution >= 0.6 is 12.2 Å². The van der Waals surface area contributed by atoms with Crippen LogP contribution in [0, 0.1) is 0 Å². The lowest BCUT2D eigenvalue weighted by molar-refractivity contribution is -0.141. The molecule has 0 bridgehead atoms. The second-order valence-corrected chi connectivity index (χ2v) is 7.00. The van der Waals surface area contributed by atoms with Gasteiger partial charge in [-0.2, -0.15) is 0 Å². The minimum absolute atomic E-state index is 0.132. The molecule has 0 amide bonds. The van der Waals surface area contributed by atoms with E-state index in [2.05, 4.69) is 11.0 Å². The number of thiocarbonyl (C=S) groups is 1. The number of benzene rings is 2. The third-order valence-electron chi connectivity index (χ3n) is 5.08. The zero-order valence-electron chi connectivity index (χ0n) is 16.0. The third kappa shape index (κ3) is 3.03. The summed E-state index contributed by atoms with van der Waals surface area (Å²) in [5, 5.41) is 1.14. The van der Waals surface area contributed by atoms with E-state index in [1.807, 2.05) is 54.0 Å². The molecule has 28 heavy (non-hydrogen) atoms. The summed E-state index contributed by atoms with van der Waals surface area (Å²) in [6, 6.07) is 16.0. The van der Waals surface area contributed by atoms with Crippen LogP contribution < -0.4 is 9.64 Å². The van der Waals surface area contributed by atoms with Crippen LogP contribution in [0.15, 0.2) is 48.5 Å². The second-order valence-electron chi connectivity index (χ2n) is 6.61. The highest BCUT2D eigenvalue weighted by molar-refractivity contribution is 7.81. The van der Waals surface area contributed by atoms with Crippen molar-refractivity contribution in [2.75, 3.05) is 25.2 Å². The van der Waals surface area contributed by atoms with Crippen LogP contribution in [0.2, 0.25) is 0 Å². The standard InChI is InChI=1S/C22H22N2O3S/c1-3-27-19-11-7-6-10-18(19)23-13-12-16-15-8-4-5-9-17(15)24(14-20(25)26-2)21(16)22(23)28/h4-11H,3,12-14H2,1-2H3. The van der Waals surface area contributed by atoms with Crippen LogP contribution in [-0.2, 0) is 22.5 Å². The number of carbonyl (C=O) groups is 1. The van der Waals surface area contributed by atoms with Gasteiger partial charge in [-0.3, -0.25) is 4.79 Å². The minimum Gasteiger partial charge on any atom is -0.492 e. The first-order valence-corrected chi connectivity index (χ1v) is 9.77. The van der Waals surface area contributed by atoms with Crippen molar-refractivity contribution in [2.24, 2.45) is 0 Å². The smallest absolute Gasteiger partial charge is 0.325 e. The van der Waals surface area contributed by atoms with E-state index in [4.69, 9.17) is 21.7 Å². The molecule has 0 unspecified atom stereocenters. The van der Waals surface area contributed by atoms with E-state index in [0.29, 0.717) is 11.6 Å². The lowest BCUT2D eigenvalue weighted by atomic mass is 10.0. The lowest BCUT2D eigenvalue weighted by Gasteiger charge is -2.32. The number of para-hydroxylation sites is 3. The Morgan fingerprint density at radius 1 is 1.14 bits per heavy atom. The van der Waals surface area contributed by atoms with Crippen molar-refractivity contribution in [1.29, 1.82) is 0 Å². The van der Waals surface area contributed by atoms with E-state index in [9.17, 15) is 4.79 Å². The van der Waals surface area contributed by atoms with Crippen molar-refractivity contribution < 1.29 is 14.3 Å². The van der Waals surface area contributed by atoms with E-state index in [-0.39, 0.29) is 12.5 Å². The molecule has 1 aromatic heterocycles. The molecule has 0 aliphatic carbocycles. The quantitative estimate of drug-likeness (QED) is 0.484. The monoisotopic (exact) mass is 394 g/mol. The molecular formula is C22H22N2O3S. The van der Waals surface area contributed by atoms with Gasteiger partial charge in [0, 0.05) is 17.4 Å². The van der Waals surface area contributed by atoms with E-state index in [1.165, 1.54) is 12.7 Å². The topological polar surface area (TPSA) is 43.7 Å². The third-order valence-corrected chi connectivity index (χ3v) is 5.49. The number of hydrogen-bond acceptors (Lipinski definition) is 4. The maximum absolute atomic E-state index is 12.1. The maximum Gasteiger partial charge on any atom is 0.325 e. The normalized spacial score (nSPS) is 13.5. The highest BCUT2D eigenvalue weighted by Gasteiger charge is 2.30. The molecule has 144 valence electrons. The second kappa shape index (κ2) is 7.64. The number of methoxy groups -OCH3 is 1. The first-order valence-electron chi connectivity index (χ1n) is 9.36. The molecule has 3 aromatic rings. The summed E-state index contributed by atoms with van der Waals surface area (Å²) in [5.74, 6) is 0.518. The van der Waals surface area contributed by atoms with Gasteiger partial charge in [-0.1, -0.05) is 42.5 Å². The molecule has 0 fully saturated rings. The molecule has 2 heterocycles. The Morgan fingerprint density at radius 3 is 2.68 bits per heavy atom. The molecule has 0 atom stereocenters. The van der Waals surface area contributed by atoms with Crippen molar-refractivity contribution in [2.45, 2.75) is 19.9 Å². The van der Waals surface area contributed by atoms with Crippen molar-refractivity contribution in [3.8, 4) is 5.75 Å². The Balaban J connectivity index is 1.85. The number of fused-ring (bicyclic) bond motifs is 3. The number of aromatic nitrogens is 1. The summed E-state index contributed by atoms with van der Waals surface area (Å²) < 4.78 is 12.7. The average molecular weight is 394 g/mol. The van der Waals surface area contributed by atoms with Crippen LogP contribution in [0.5, 0.6) is 5.75 Å². The number of carbonyl (C=O) groups excluding carboxylic acids is 1. The predicted molar refractivity (Wildman–Crippen MR) is 114 cm³/mol. The molecule has 6 heteroatoms. The van der Waals surface area contributed by atoms with Crippen LogP contribution in [0.4, 0.5) is 5.69 Å². The average Bonchev–Trinajstić information content (AvgIpc) is 3.04. The summed E-state index contributed by atoms with van der Waals surface area (Å²) in [5.41, 5.74) is 4.06. The lowest BCUT2D eigenvalue weighted by Crippen LogP contribution is -2.38. The fourth-order valence-electron chi connectivity index (χ4n) is 3.87. The Labute approximate surface area is 169 Å². The maximum atomic E-state index is 12.1. The largest absolute Gasteiger partial charge is 0.492 e. The van der Waals surface area contributed by atoms with Gasteiger partial charge in [-0.05, 0) is 37.1 Å². The Kier molecular flexibility index (Phi) is 5.05. The summed E-state index contributed by atoms with van der Waals surface area (Å²) in [6.45, 7) is 3.46. The van der Waals surface area contributed by atoms with Crippen molar-refractivity contribution >= 4 is 39.8 Å². The SMILES string of the molecule is CCOc1ccccc1N1CCc2c(n(CC(=O)OC)c3ccccc23)C1=S. The zero-order chi connectivity index (χ0) is 19.7. The number of rotatable bonds is 5. The molecule has 0 spiro atoms. The van der Waals surface area contributed by atoms with Gasteiger partial charge >= 0.3 is 5.97 Å². The molecule has 0 radical (unpaired) electrons. The summed E-state index contributed by atoms with van der Waals surface area (Å²) in [4.78, 5) is 14.9. The van der Waals surface area contributed by atoms with E-state index in [0.717, 1.165) is 41.0 Å². The molecule has 1 aliphatic heterocycles. The van der Waals surface area contributed by atoms with Gasteiger partial charge in [-0.15, -0.1) is 0 Å². The van der Waals surface area contributed by atoms with Crippen LogP contribution in [0.25, 0.3) is 10.9 Å². The predicted octanol–water partition coefficient (Wildman–Crippen LogP) is 3.95. The molecule has 2 aromatic carbocycles. The Bertz CT molecular complexity index is 1060. The number of anilines is 1. The van der Waals surface area contributed by atoms with Gasteiger partial charge in [0.25, 0.3) is 0 Å². The molecule has 5 nitrogen and oxygen atoms in total. The number of ether oxygens (including phenoxy) is 2. The van der Waals surface area contributed by atoms with Crippen LogP contribution in [0.3, 0.4) is 0 Å². The van der Waals surface area contributed by atoms with Gasteiger partial charge in [-0.25, -0.2) is 0 Å². The van der Waals surface area contributed by atoms with Gasteiger partial charge in [0.15, 0.2) is 0 Å². The molecule has 0 saturated heterocycles. The summed E-state index contributed by atoms with van der Waals surface area (Å²) in [7, 11) is 1.41. The van der Waals surface area contributed by atoms with Crippen LogP contribution in [0.1, 0.15) is 18.2 Å². The molecule has 4 rings (SSSR count). The van der Waals surface area contributed by atoms with Crippen molar-refractivity contribution in [3.63, 3.8) is 0 Å². The first kappa shape index (κ1) is 18.5. The van der Waals surface area contributed by atoms with Gasteiger partial charge in [0.05, 0.1) is 25.1 Å². The molecular weight excluding hydrogens is 372 g/mol. The summed E-state index contributed by atoms with van der Waals surface area (Å²) in [6.07, 6.45) is 0.838. The van der Waals surface area contributed by atoms with Gasteiger partial charge in [0.1, 0.15) is 17.3 Å². The number of hydrogen-bond donors (Lipinski definition) is 0.